The van der Waals surface area contributed by atoms with Crippen LogP contribution in [-0.2, 0) is 11.2 Å². The fourth-order valence-electron chi connectivity index (χ4n) is 3.98. The lowest BCUT2D eigenvalue weighted by Gasteiger charge is -2.18. The van der Waals surface area contributed by atoms with Crippen LogP contribution in [0.5, 0.6) is 0 Å². The molecule has 0 atom stereocenters. The highest BCUT2D eigenvalue weighted by Gasteiger charge is 2.32. The van der Waals surface area contributed by atoms with Crippen molar-refractivity contribution in [3.8, 4) is 0 Å². The number of nitrogens with one attached hydrogen (secondary N) is 3. The van der Waals surface area contributed by atoms with Crippen molar-refractivity contribution in [2.24, 2.45) is 0 Å². The van der Waals surface area contributed by atoms with Crippen LogP contribution in [0.2, 0.25) is 0 Å². The summed E-state index contributed by atoms with van der Waals surface area (Å²) in [6.45, 7) is 2.00. The van der Waals surface area contributed by atoms with Gasteiger partial charge in [0.25, 0.3) is 11.8 Å². The normalized spacial score (nSPS) is 18.3. The molecule has 6 heteroatoms. The van der Waals surface area contributed by atoms with Gasteiger partial charge in [-0.25, -0.2) is 0 Å². The molecule has 0 radical (unpaired) electrons. The highest BCUT2D eigenvalue weighted by atomic mass is 16.3. The van der Waals surface area contributed by atoms with Gasteiger partial charge in [-0.3, -0.25) is 9.59 Å². The number of aromatic amines is 1. The van der Waals surface area contributed by atoms with Crippen molar-refractivity contribution < 1.29 is 14.7 Å². The molecule has 134 valence electrons. The zero-order valence-corrected chi connectivity index (χ0v) is 14.6. The van der Waals surface area contributed by atoms with Crippen LogP contribution in [0.3, 0.4) is 0 Å². The molecule has 0 saturated carbocycles. The van der Waals surface area contributed by atoms with E-state index in [2.05, 4.69) is 15.6 Å². The number of hydrogen-bond donors (Lipinski definition) is 4. The Morgan fingerprint density at radius 3 is 2.88 bits per heavy atom. The summed E-state index contributed by atoms with van der Waals surface area (Å²) in [6.07, 6.45) is 2.47. The Hall–Kier alpha value is -2.86. The number of aromatic nitrogens is 1. The van der Waals surface area contributed by atoms with Crippen molar-refractivity contribution in [3.63, 3.8) is 0 Å². The van der Waals surface area contributed by atoms with Gasteiger partial charge in [0.2, 0.25) is 0 Å². The number of rotatable bonds is 3. The van der Waals surface area contributed by atoms with E-state index < -0.39 is 0 Å². The number of carbonyl (C=O) groups excluding carboxylic acids is 2. The average Bonchev–Trinajstić information content (AvgIpc) is 3.15. The topological polar surface area (TPSA) is 94.2 Å². The molecule has 2 aromatic rings. The van der Waals surface area contributed by atoms with E-state index in [1.54, 1.807) is 0 Å². The van der Waals surface area contributed by atoms with Gasteiger partial charge in [0.1, 0.15) is 0 Å². The highest BCUT2D eigenvalue weighted by molar-refractivity contribution is 6.36. The molecule has 0 unspecified atom stereocenters. The number of allylic oxidation sites excluding steroid dienone is 1. The summed E-state index contributed by atoms with van der Waals surface area (Å²) in [5.41, 5.74) is 6.70. The molecule has 1 aliphatic carbocycles. The summed E-state index contributed by atoms with van der Waals surface area (Å²) in [7, 11) is 0. The third-order valence-corrected chi connectivity index (χ3v) is 5.04. The van der Waals surface area contributed by atoms with Crippen molar-refractivity contribution in [3.05, 3.63) is 52.3 Å². The number of H-pyrrole nitrogens is 1. The van der Waals surface area contributed by atoms with Crippen molar-refractivity contribution in [2.75, 3.05) is 18.5 Å². The first kappa shape index (κ1) is 16.6. The van der Waals surface area contributed by atoms with E-state index in [1.807, 2.05) is 31.2 Å². The molecule has 2 heterocycles. The number of aliphatic hydroxyl groups is 1. The maximum absolute atomic E-state index is 12.6. The zero-order chi connectivity index (χ0) is 18.3. The maximum Gasteiger partial charge on any atom is 0.256 e. The highest BCUT2D eigenvalue weighted by Crippen LogP contribution is 2.42. The Labute approximate surface area is 151 Å². The molecule has 0 fully saturated rings. The number of aliphatic hydroxyl groups excluding tert-OH is 1. The van der Waals surface area contributed by atoms with Gasteiger partial charge in [-0.15, -0.1) is 0 Å². The van der Waals surface area contributed by atoms with Crippen LogP contribution in [0.1, 0.15) is 45.7 Å². The largest absolute Gasteiger partial charge is 0.395 e. The van der Waals surface area contributed by atoms with E-state index in [4.69, 9.17) is 5.11 Å². The Balaban J connectivity index is 1.85. The first-order chi connectivity index (χ1) is 12.6. The second-order valence-electron chi connectivity index (χ2n) is 6.66. The molecule has 2 aliphatic rings. The Bertz CT molecular complexity index is 940. The SMILES string of the molecule is Cc1[nH]c2c(c1C(=O)NCCO)CCC/C2=C1/C(=O)Nc2ccccc21. The molecule has 4 rings (SSSR count). The fourth-order valence-corrected chi connectivity index (χ4v) is 3.98. The molecule has 0 spiro atoms. The van der Waals surface area contributed by atoms with Crippen LogP contribution < -0.4 is 10.6 Å². The number of hydrogen-bond acceptors (Lipinski definition) is 3. The number of carbonyl (C=O) groups is 2. The number of benzene rings is 1. The predicted octanol–water partition coefficient (Wildman–Crippen LogP) is 2.24. The van der Waals surface area contributed by atoms with Crippen LogP contribution >= 0.6 is 0 Å². The molecule has 4 N–H and O–H groups in total. The monoisotopic (exact) mass is 351 g/mol. The lowest BCUT2D eigenvalue weighted by Crippen LogP contribution is -2.27. The smallest absolute Gasteiger partial charge is 0.256 e. The van der Waals surface area contributed by atoms with Gasteiger partial charge in [-0.05, 0) is 43.4 Å². The van der Waals surface area contributed by atoms with Crippen LogP contribution in [-0.4, -0.2) is 35.1 Å². The number of fused-ring (bicyclic) bond motifs is 2. The molecular weight excluding hydrogens is 330 g/mol. The maximum atomic E-state index is 12.6. The van der Waals surface area contributed by atoms with Crippen molar-refractivity contribution in [1.82, 2.24) is 10.3 Å². The molecule has 0 bridgehead atoms. The summed E-state index contributed by atoms with van der Waals surface area (Å²) in [6, 6.07) is 7.69. The molecule has 0 saturated heterocycles. The van der Waals surface area contributed by atoms with Crippen LogP contribution in [0, 0.1) is 6.92 Å². The van der Waals surface area contributed by atoms with Gasteiger partial charge in [0.05, 0.1) is 17.7 Å². The molecule has 1 aromatic heterocycles. The molecule has 6 nitrogen and oxygen atoms in total. The van der Waals surface area contributed by atoms with Gasteiger partial charge < -0.3 is 20.7 Å². The average molecular weight is 351 g/mol. The quantitative estimate of drug-likeness (QED) is 0.639. The van der Waals surface area contributed by atoms with Crippen molar-refractivity contribution in [2.45, 2.75) is 26.2 Å². The molecule has 1 aromatic carbocycles. The third kappa shape index (κ3) is 2.54. The van der Waals surface area contributed by atoms with E-state index >= 15 is 0 Å². The molecular formula is C20H21N3O3. The zero-order valence-electron chi connectivity index (χ0n) is 14.6. The number of aryl methyl sites for hydroxylation is 1. The van der Waals surface area contributed by atoms with E-state index in [0.717, 1.165) is 53.0 Å². The molecule has 2 amide bonds. The number of amides is 2. The molecule has 26 heavy (non-hydrogen) atoms. The van der Waals surface area contributed by atoms with Gasteiger partial charge in [-0.2, -0.15) is 0 Å². The van der Waals surface area contributed by atoms with Crippen LogP contribution in [0.4, 0.5) is 5.69 Å². The second kappa shape index (κ2) is 6.46. The standard InChI is InChI=1S/C20H21N3O3/c1-11-16(19(25)21-9-10-24)13-6-4-7-14(18(13)22-11)17-12-5-2-3-8-15(12)23-20(17)26/h2-3,5,8,22,24H,4,6-7,9-10H2,1H3,(H,21,25)(H,23,26)/b17-14-. The third-order valence-electron chi connectivity index (χ3n) is 5.04. The minimum Gasteiger partial charge on any atom is -0.395 e. The summed E-state index contributed by atoms with van der Waals surface area (Å²) in [5.74, 6) is -0.274. The predicted molar refractivity (Wildman–Crippen MR) is 99.8 cm³/mol. The fraction of sp³-hybridized carbons (Fsp3) is 0.300. The minimum atomic E-state index is -0.184. The Morgan fingerprint density at radius 1 is 1.27 bits per heavy atom. The van der Waals surface area contributed by atoms with Crippen LogP contribution in [0.15, 0.2) is 24.3 Å². The van der Waals surface area contributed by atoms with E-state index in [-0.39, 0.29) is 25.0 Å². The van der Waals surface area contributed by atoms with Crippen molar-refractivity contribution in [1.29, 1.82) is 0 Å². The first-order valence-electron chi connectivity index (χ1n) is 8.86. The van der Waals surface area contributed by atoms with E-state index in [0.29, 0.717) is 11.1 Å². The lowest BCUT2D eigenvalue weighted by molar-refractivity contribution is -0.110. The second-order valence-corrected chi connectivity index (χ2v) is 6.66. The van der Waals surface area contributed by atoms with Gasteiger partial charge >= 0.3 is 0 Å². The van der Waals surface area contributed by atoms with Crippen LogP contribution in [0.25, 0.3) is 11.1 Å². The first-order valence-corrected chi connectivity index (χ1v) is 8.86. The number of para-hydroxylation sites is 1. The van der Waals surface area contributed by atoms with Gasteiger partial charge in [-0.1, -0.05) is 18.2 Å². The summed E-state index contributed by atoms with van der Waals surface area (Å²) < 4.78 is 0. The Kier molecular flexibility index (Phi) is 4.12. The Morgan fingerprint density at radius 2 is 2.08 bits per heavy atom. The summed E-state index contributed by atoms with van der Waals surface area (Å²) in [4.78, 5) is 28.5. The van der Waals surface area contributed by atoms with Gasteiger partial charge in [0.15, 0.2) is 0 Å². The lowest BCUT2D eigenvalue weighted by atomic mass is 9.86. The minimum absolute atomic E-state index is 0.0902. The molecule has 1 aliphatic heterocycles. The summed E-state index contributed by atoms with van der Waals surface area (Å²) >= 11 is 0. The number of anilines is 1. The van der Waals surface area contributed by atoms with Crippen molar-refractivity contribution >= 4 is 28.6 Å². The summed E-state index contributed by atoms with van der Waals surface area (Å²) in [5, 5.41) is 14.6. The van der Waals surface area contributed by atoms with Gasteiger partial charge in [0, 0.05) is 29.2 Å². The van der Waals surface area contributed by atoms with E-state index in [9.17, 15) is 9.59 Å². The van der Waals surface area contributed by atoms with E-state index in [1.165, 1.54) is 0 Å².